The van der Waals surface area contributed by atoms with E-state index in [0.29, 0.717) is 23.6 Å². The Labute approximate surface area is 201 Å². The van der Waals surface area contributed by atoms with Crippen molar-refractivity contribution in [2.24, 2.45) is 0 Å². The fourth-order valence-electron chi connectivity index (χ4n) is 4.29. The largest absolute Gasteiger partial charge is 0.492 e. The summed E-state index contributed by atoms with van der Waals surface area (Å²) in [5.74, 6) is 0.443. The number of ether oxygens (including phenoxy) is 1. The molecule has 2 aromatic carbocycles. The van der Waals surface area contributed by atoms with Crippen molar-refractivity contribution in [2.75, 3.05) is 26.2 Å². The highest BCUT2D eigenvalue weighted by Gasteiger charge is 2.25. The van der Waals surface area contributed by atoms with Crippen LogP contribution in [-0.4, -0.2) is 41.9 Å². The van der Waals surface area contributed by atoms with Crippen LogP contribution >= 0.6 is 11.6 Å². The molecule has 1 aliphatic heterocycles. The van der Waals surface area contributed by atoms with Crippen LogP contribution in [0.5, 0.6) is 5.75 Å². The molecule has 0 spiro atoms. The van der Waals surface area contributed by atoms with Crippen LogP contribution < -0.4 is 4.74 Å². The molecule has 1 fully saturated rings. The summed E-state index contributed by atoms with van der Waals surface area (Å²) in [6.45, 7) is 6.11. The average Bonchev–Trinajstić information content (AvgIpc) is 3.37. The quantitative estimate of drug-likeness (QED) is 0.347. The zero-order valence-electron chi connectivity index (χ0n) is 19.2. The van der Waals surface area contributed by atoms with Gasteiger partial charge in [0.15, 0.2) is 5.78 Å². The molecule has 3 aromatic rings. The Morgan fingerprint density at radius 3 is 2.42 bits per heavy atom. The van der Waals surface area contributed by atoms with Gasteiger partial charge in [-0.25, -0.2) is 0 Å². The number of hydrogen-bond acceptors (Lipinski definition) is 4. The van der Waals surface area contributed by atoms with Gasteiger partial charge in [-0.3, -0.25) is 14.7 Å². The summed E-state index contributed by atoms with van der Waals surface area (Å²) in [5.41, 5.74) is 3.52. The molecule has 1 aromatic heterocycles. The van der Waals surface area contributed by atoms with E-state index in [1.807, 2.05) is 54.7 Å². The molecular formula is C28H31ClN2O2. The summed E-state index contributed by atoms with van der Waals surface area (Å²) in [6.07, 6.45) is 5.91. The molecule has 0 saturated carbocycles. The van der Waals surface area contributed by atoms with E-state index < -0.39 is 5.92 Å². The highest BCUT2D eigenvalue weighted by atomic mass is 35.5. The van der Waals surface area contributed by atoms with Gasteiger partial charge in [-0.1, -0.05) is 48.9 Å². The van der Waals surface area contributed by atoms with Crippen LogP contribution in [0.25, 0.3) is 0 Å². The molecule has 1 saturated heterocycles. The third-order valence-electron chi connectivity index (χ3n) is 6.31. The van der Waals surface area contributed by atoms with Crippen molar-refractivity contribution >= 4 is 17.4 Å². The first-order valence-electron chi connectivity index (χ1n) is 11.8. The van der Waals surface area contributed by atoms with E-state index in [1.165, 1.54) is 25.9 Å². The number of aromatic nitrogens is 1. The standard InChI is InChI=1S/C28H31ClN2O2/c1-2-21-11-14-27(30-20-21)25(28(32)24-7-3-4-8-26(24)29)19-22-9-12-23(13-10-22)33-18-17-31-15-5-6-16-31/h3-4,7-14,20,25H,2,5-6,15-19H2,1H3/t25-/m1/s1. The SMILES string of the molecule is CCc1ccc([C@@H](Cc2ccc(OCCN3CCCC3)cc2)C(=O)c2ccccc2Cl)nc1. The molecule has 1 atom stereocenters. The van der Waals surface area contributed by atoms with E-state index in [0.717, 1.165) is 35.5 Å². The van der Waals surface area contributed by atoms with Crippen molar-refractivity contribution in [3.8, 4) is 5.75 Å². The second-order valence-corrected chi connectivity index (χ2v) is 8.99. The Morgan fingerprint density at radius 1 is 1.03 bits per heavy atom. The van der Waals surface area contributed by atoms with Crippen molar-refractivity contribution < 1.29 is 9.53 Å². The normalized spacial score (nSPS) is 14.8. The molecule has 0 bridgehead atoms. The average molecular weight is 463 g/mol. The summed E-state index contributed by atoms with van der Waals surface area (Å²) < 4.78 is 5.93. The third kappa shape index (κ3) is 6.21. The Bertz CT molecular complexity index is 1040. The Hall–Kier alpha value is -2.69. The zero-order valence-corrected chi connectivity index (χ0v) is 19.9. The van der Waals surface area contributed by atoms with Crippen molar-refractivity contribution in [3.05, 3.63) is 94.3 Å². The fraction of sp³-hybridized carbons (Fsp3) is 0.357. The highest BCUT2D eigenvalue weighted by Crippen LogP contribution is 2.28. The minimum atomic E-state index is -0.405. The van der Waals surface area contributed by atoms with Crippen molar-refractivity contribution in [1.29, 1.82) is 0 Å². The molecule has 1 aliphatic rings. The van der Waals surface area contributed by atoms with Crippen molar-refractivity contribution in [3.63, 3.8) is 0 Å². The number of carbonyl (C=O) groups is 1. The molecule has 0 N–H and O–H groups in total. The van der Waals surface area contributed by atoms with Gasteiger partial charge >= 0.3 is 0 Å². The minimum absolute atomic E-state index is 0.0108. The zero-order chi connectivity index (χ0) is 23.0. The number of halogens is 1. The lowest BCUT2D eigenvalue weighted by atomic mass is 9.88. The van der Waals surface area contributed by atoms with Crippen molar-refractivity contribution in [2.45, 2.75) is 38.5 Å². The van der Waals surface area contributed by atoms with Gasteiger partial charge in [0, 0.05) is 18.3 Å². The summed E-state index contributed by atoms with van der Waals surface area (Å²) in [6, 6.07) is 19.3. The van der Waals surface area contributed by atoms with Crippen LogP contribution in [0.1, 0.15) is 52.9 Å². The van der Waals surface area contributed by atoms with E-state index in [4.69, 9.17) is 16.3 Å². The van der Waals surface area contributed by atoms with Crippen LogP contribution in [0.4, 0.5) is 0 Å². The van der Waals surface area contributed by atoms with Gasteiger partial charge in [0.1, 0.15) is 12.4 Å². The number of likely N-dealkylation sites (tertiary alicyclic amines) is 1. The van der Waals surface area contributed by atoms with Gasteiger partial charge in [0.05, 0.1) is 16.6 Å². The molecule has 0 radical (unpaired) electrons. The van der Waals surface area contributed by atoms with Crippen LogP contribution in [0.2, 0.25) is 5.02 Å². The van der Waals surface area contributed by atoms with E-state index >= 15 is 0 Å². The molecule has 33 heavy (non-hydrogen) atoms. The molecule has 0 aliphatic carbocycles. The van der Waals surface area contributed by atoms with E-state index in [1.54, 1.807) is 12.1 Å². The number of aryl methyl sites for hydroxylation is 1. The number of rotatable bonds is 10. The molecule has 5 heteroatoms. The van der Waals surface area contributed by atoms with Gasteiger partial charge in [0.2, 0.25) is 0 Å². The number of nitrogens with zero attached hydrogens (tertiary/aromatic N) is 2. The van der Waals surface area contributed by atoms with Gasteiger partial charge in [0.25, 0.3) is 0 Å². The summed E-state index contributed by atoms with van der Waals surface area (Å²) in [5, 5.41) is 0.472. The second-order valence-electron chi connectivity index (χ2n) is 8.59. The van der Waals surface area contributed by atoms with Gasteiger partial charge in [-0.15, -0.1) is 0 Å². The molecule has 2 heterocycles. The second kappa shape index (κ2) is 11.4. The predicted octanol–water partition coefficient (Wildman–Crippen LogP) is 5.98. The fourth-order valence-corrected chi connectivity index (χ4v) is 4.52. The molecule has 4 rings (SSSR count). The number of benzene rings is 2. The predicted molar refractivity (Wildman–Crippen MR) is 133 cm³/mol. The lowest BCUT2D eigenvalue weighted by molar-refractivity contribution is 0.0957. The number of ketones is 1. The van der Waals surface area contributed by atoms with E-state index in [2.05, 4.69) is 16.8 Å². The third-order valence-corrected chi connectivity index (χ3v) is 6.64. The Morgan fingerprint density at radius 2 is 1.76 bits per heavy atom. The van der Waals surface area contributed by atoms with E-state index in [9.17, 15) is 4.79 Å². The lowest BCUT2D eigenvalue weighted by Gasteiger charge is -2.18. The number of carbonyl (C=O) groups excluding carboxylic acids is 1. The Balaban J connectivity index is 1.48. The maximum Gasteiger partial charge on any atom is 0.173 e. The number of Topliss-reactive ketones (excluding diaryl/α,β-unsaturated/α-hetero) is 1. The van der Waals surface area contributed by atoms with Crippen LogP contribution in [0, 0.1) is 0 Å². The van der Waals surface area contributed by atoms with Gasteiger partial charge in [-0.05, 0) is 80.2 Å². The molecule has 0 amide bonds. The maximum absolute atomic E-state index is 13.5. The van der Waals surface area contributed by atoms with Gasteiger partial charge < -0.3 is 4.74 Å². The van der Waals surface area contributed by atoms with Crippen LogP contribution in [0.3, 0.4) is 0 Å². The first-order valence-corrected chi connectivity index (χ1v) is 12.2. The van der Waals surface area contributed by atoms with Crippen LogP contribution in [0.15, 0.2) is 66.9 Å². The first-order chi connectivity index (χ1) is 16.1. The topological polar surface area (TPSA) is 42.4 Å². The maximum atomic E-state index is 13.5. The number of hydrogen-bond donors (Lipinski definition) is 0. The summed E-state index contributed by atoms with van der Waals surface area (Å²) in [7, 11) is 0. The highest BCUT2D eigenvalue weighted by molar-refractivity contribution is 6.34. The summed E-state index contributed by atoms with van der Waals surface area (Å²) in [4.78, 5) is 20.6. The lowest BCUT2D eigenvalue weighted by Crippen LogP contribution is -2.25. The molecular weight excluding hydrogens is 432 g/mol. The van der Waals surface area contributed by atoms with Crippen molar-refractivity contribution in [1.82, 2.24) is 9.88 Å². The molecule has 0 unspecified atom stereocenters. The van der Waals surface area contributed by atoms with Gasteiger partial charge in [-0.2, -0.15) is 0 Å². The summed E-state index contributed by atoms with van der Waals surface area (Å²) >= 11 is 6.36. The Kier molecular flexibility index (Phi) is 8.14. The minimum Gasteiger partial charge on any atom is -0.492 e. The van der Waals surface area contributed by atoms with Crippen LogP contribution in [-0.2, 0) is 12.8 Å². The monoisotopic (exact) mass is 462 g/mol. The first kappa shape index (κ1) is 23.5. The number of pyridine rings is 1. The molecule has 4 nitrogen and oxygen atoms in total. The molecule has 172 valence electrons. The smallest absolute Gasteiger partial charge is 0.173 e. The van der Waals surface area contributed by atoms with E-state index in [-0.39, 0.29) is 5.78 Å².